The number of hydrazone groups is 1. The van der Waals surface area contributed by atoms with Gasteiger partial charge in [-0.2, -0.15) is 5.10 Å². The lowest BCUT2D eigenvalue weighted by atomic mass is 10.2. The van der Waals surface area contributed by atoms with Gasteiger partial charge in [0, 0.05) is 4.47 Å². The zero-order valence-electron chi connectivity index (χ0n) is 14.3. The Morgan fingerprint density at radius 3 is 2.54 bits per heavy atom. The lowest BCUT2D eigenvalue weighted by Gasteiger charge is -2.07. The molecule has 26 heavy (non-hydrogen) atoms. The Balaban J connectivity index is 1.86. The summed E-state index contributed by atoms with van der Waals surface area (Å²) >= 11 is 3.29. The third kappa shape index (κ3) is 5.32. The summed E-state index contributed by atoms with van der Waals surface area (Å²) in [6.45, 7) is -0.191. The van der Waals surface area contributed by atoms with Crippen molar-refractivity contribution >= 4 is 34.0 Å². The molecule has 2 amide bonds. The second kappa shape index (κ2) is 9.57. The van der Waals surface area contributed by atoms with Gasteiger partial charge in [-0.1, -0.05) is 12.1 Å². The van der Waals surface area contributed by atoms with E-state index in [9.17, 15) is 9.59 Å². The summed E-state index contributed by atoms with van der Waals surface area (Å²) in [4.78, 5) is 23.8. The molecule has 8 heteroatoms. The number of amides is 2. The van der Waals surface area contributed by atoms with Gasteiger partial charge in [-0.05, 0) is 51.8 Å². The normalized spacial score (nSPS) is 10.4. The highest BCUT2D eigenvalue weighted by atomic mass is 79.9. The predicted molar refractivity (Wildman–Crippen MR) is 102 cm³/mol. The first-order valence-corrected chi connectivity index (χ1v) is 8.41. The van der Waals surface area contributed by atoms with E-state index in [2.05, 4.69) is 31.8 Å². The van der Waals surface area contributed by atoms with Gasteiger partial charge in [0.25, 0.3) is 11.8 Å². The topological polar surface area (TPSA) is 89.0 Å². The number of halogens is 1. The van der Waals surface area contributed by atoms with E-state index in [4.69, 9.17) is 9.47 Å². The lowest BCUT2D eigenvalue weighted by Crippen LogP contribution is -2.35. The number of ether oxygens (including phenoxy) is 2. The number of carbonyl (C=O) groups is 2. The van der Waals surface area contributed by atoms with E-state index in [-0.39, 0.29) is 12.5 Å². The minimum atomic E-state index is -0.442. The first-order valence-electron chi connectivity index (χ1n) is 7.61. The van der Waals surface area contributed by atoms with Gasteiger partial charge < -0.3 is 14.8 Å². The molecule has 0 unspecified atom stereocenters. The van der Waals surface area contributed by atoms with E-state index in [0.29, 0.717) is 21.5 Å². The minimum absolute atomic E-state index is 0.191. The highest BCUT2D eigenvalue weighted by molar-refractivity contribution is 9.10. The molecule has 2 aromatic carbocycles. The summed E-state index contributed by atoms with van der Waals surface area (Å²) in [6.07, 6.45) is 1.47. The fraction of sp³-hybridized carbons (Fsp3) is 0.167. The van der Waals surface area contributed by atoms with Crippen molar-refractivity contribution in [2.75, 3.05) is 20.8 Å². The number of nitrogens with zero attached hydrogens (tertiary/aromatic N) is 1. The van der Waals surface area contributed by atoms with E-state index >= 15 is 0 Å². The van der Waals surface area contributed by atoms with E-state index in [1.807, 2.05) is 0 Å². The van der Waals surface area contributed by atoms with Gasteiger partial charge in [-0.3, -0.25) is 9.59 Å². The number of nitrogens with one attached hydrogen (secondary N) is 2. The van der Waals surface area contributed by atoms with Crippen LogP contribution in [0.25, 0.3) is 0 Å². The molecule has 136 valence electrons. The molecule has 0 saturated carbocycles. The molecule has 0 spiro atoms. The molecule has 7 nitrogen and oxygen atoms in total. The average Bonchev–Trinajstić information content (AvgIpc) is 2.66. The number of methoxy groups -OCH3 is 2. The highest BCUT2D eigenvalue weighted by Crippen LogP contribution is 2.26. The summed E-state index contributed by atoms with van der Waals surface area (Å²) in [5.74, 6) is 0.366. The van der Waals surface area contributed by atoms with Gasteiger partial charge in [0.05, 0.1) is 32.5 Å². The van der Waals surface area contributed by atoms with E-state index in [0.717, 1.165) is 5.56 Å². The van der Waals surface area contributed by atoms with Gasteiger partial charge in [0.2, 0.25) is 0 Å². The minimum Gasteiger partial charge on any atom is -0.493 e. The SMILES string of the molecule is COc1ccc(/C=N\NC(=O)CNC(=O)c2ccccc2Br)cc1OC. The molecule has 0 saturated heterocycles. The van der Waals surface area contributed by atoms with Gasteiger partial charge in [-0.15, -0.1) is 0 Å². The largest absolute Gasteiger partial charge is 0.493 e. The molecular formula is C18H18BrN3O4. The highest BCUT2D eigenvalue weighted by Gasteiger charge is 2.10. The number of rotatable bonds is 7. The summed E-state index contributed by atoms with van der Waals surface area (Å²) < 4.78 is 11.0. The quantitative estimate of drug-likeness (QED) is 0.532. The van der Waals surface area contributed by atoms with Crippen LogP contribution in [0, 0.1) is 0 Å². The van der Waals surface area contributed by atoms with Crippen LogP contribution < -0.4 is 20.2 Å². The summed E-state index contributed by atoms with van der Waals surface area (Å²) in [5, 5.41) is 6.39. The molecule has 0 radical (unpaired) electrons. The monoisotopic (exact) mass is 419 g/mol. The average molecular weight is 420 g/mol. The zero-order valence-corrected chi connectivity index (χ0v) is 15.9. The van der Waals surface area contributed by atoms with Crippen LogP contribution in [0.3, 0.4) is 0 Å². The van der Waals surface area contributed by atoms with Crippen molar-refractivity contribution in [1.29, 1.82) is 0 Å². The fourth-order valence-electron chi connectivity index (χ4n) is 2.05. The molecule has 2 rings (SSSR count). The van der Waals surface area contributed by atoms with E-state index in [1.165, 1.54) is 13.3 Å². The second-order valence-corrected chi connectivity index (χ2v) is 5.92. The maximum absolute atomic E-state index is 12.0. The third-order valence-electron chi connectivity index (χ3n) is 3.34. The Bertz CT molecular complexity index is 824. The van der Waals surface area contributed by atoms with Crippen LogP contribution in [0.15, 0.2) is 52.0 Å². The summed E-state index contributed by atoms with van der Waals surface area (Å²) in [6, 6.07) is 12.2. The van der Waals surface area contributed by atoms with Crippen molar-refractivity contribution in [3.63, 3.8) is 0 Å². The van der Waals surface area contributed by atoms with Crippen molar-refractivity contribution in [2.45, 2.75) is 0 Å². The predicted octanol–water partition coefficient (Wildman–Crippen LogP) is 2.35. The Morgan fingerprint density at radius 2 is 1.85 bits per heavy atom. The fourth-order valence-corrected chi connectivity index (χ4v) is 2.52. The number of hydrogen-bond acceptors (Lipinski definition) is 5. The van der Waals surface area contributed by atoms with Gasteiger partial charge in [-0.25, -0.2) is 5.43 Å². The first-order chi connectivity index (χ1) is 12.5. The molecule has 2 aromatic rings. The van der Waals surface area contributed by atoms with Crippen molar-refractivity contribution in [2.24, 2.45) is 5.10 Å². The third-order valence-corrected chi connectivity index (χ3v) is 4.03. The van der Waals surface area contributed by atoms with Crippen LogP contribution in [0.5, 0.6) is 11.5 Å². The van der Waals surface area contributed by atoms with Crippen molar-refractivity contribution < 1.29 is 19.1 Å². The Hall–Kier alpha value is -2.87. The Morgan fingerprint density at radius 1 is 1.12 bits per heavy atom. The van der Waals surface area contributed by atoms with Crippen molar-refractivity contribution in [1.82, 2.24) is 10.7 Å². The number of hydrogen-bond donors (Lipinski definition) is 2. The van der Waals surface area contributed by atoms with Crippen LogP contribution in [0.4, 0.5) is 0 Å². The number of carbonyl (C=O) groups excluding carboxylic acids is 2. The van der Waals surface area contributed by atoms with Crippen molar-refractivity contribution in [3.8, 4) is 11.5 Å². The Kier molecular flexibility index (Phi) is 7.16. The molecule has 0 aliphatic rings. The van der Waals surface area contributed by atoms with E-state index < -0.39 is 5.91 Å². The summed E-state index contributed by atoms with van der Waals surface area (Å²) in [5.41, 5.74) is 3.53. The van der Waals surface area contributed by atoms with Crippen LogP contribution in [0.2, 0.25) is 0 Å². The Labute approximate surface area is 159 Å². The maximum Gasteiger partial charge on any atom is 0.259 e. The van der Waals surface area contributed by atoms with Crippen LogP contribution in [-0.2, 0) is 4.79 Å². The van der Waals surface area contributed by atoms with Crippen LogP contribution in [0.1, 0.15) is 15.9 Å². The van der Waals surface area contributed by atoms with Crippen LogP contribution >= 0.6 is 15.9 Å². The molecular weight excluding hydrogens is 402 g/mol. The van der Waals surface area contributed by atoms with Gasteiger partial charge in [0.15, 0.2) is 11.5 Å². The standard InChI is InChI=1S/C18H18BrN3O4/c1-25-15-8-7-12(9-16(15)26-2)10-21-22-17(23)11-20-18(24)13-5-3-4-6-14(13)19/h3-10H,11H2,1-2H3,(H,20,24)(H,22,23)/b21-10-. The molecule has 0 aromatic heterocycles. The maximum atomic E-state index is 12.0. The van der Waals surface area contributed by atoms with Gasteiger partial charge in [0.1, 0.15) is 0 Å². The van der Waals surface area contributed by atoms with Crippen molar-refractivity contribution in [3.05, 3.63) is 58.1 Å². The number of benzene rings is 2. The lowest BCUT2D eigenvalue weighted by molar-refractivity contribution is -0.120. The second-order valence-electron chi connectivity index (χ2n) is 5.07. The molecule has 0 aliphatic heterocycles. The van der Waals surface area contributed by atoms with E-state index in [1.54, 1.807) is 49.6 Å². The first kappa shape index (κ1) is 19.5. The molecule has 0 atom stereocenters. The molecule has 0 fully saturated rings. The van der Waals surface area contributed by atoms with Crippen LogP contribution in [-0.4, -0.2) is 38.8 Å². The smallest absolute Gasteiger partial charge is 0.259 e. The summed E-state index contributed by atoms with van der Waals surface area (Å²) in [7, 11) is 3.09. The van der Waals surface area contributed by atoms with Gasteiger partial charge >= 0.3 is 0 Å². The molecule has 0 heterocycles. The zero-order chi connectivity index (χ0) is 18.9. The molecule has 0 aliphatic carbocycles. The molecule has 2 N–H and O–H groups in total. The molecule has 0 bridgehead atoms.